The molecule has 1 saturated heterocycles. The molecule has 5 nitrogen and oxygen atoms in total. The van der Waals surface area contributed by atoms with Gasteiger partial charge >= 0.3 is 12.1 Å². The second-order valence-electron chi connectivity index (χ2n) is 5.82. The number of carbonyl (C=O) groups excluding carboxylic acids is 1. The van der Waals surface area contributed by atoms with E-state index in [-0.39, 0.29) is 12.6 Å². The standard InChI is InChI=1S/C19H19NO4/c21-18(22)17-16(12-11-14-7-3-1-4-8-14)20(17)19(23)24-13-15-9-5-2-6-10-15/h1-10,16-17H,11-13H2,(H,21,22)/t16-,17-,20?/m1/s1. The third kappa shape index (κ3) is 3.74. The first kappa shape index (κ1) is 16.1. The summed E-state index contributed by atoms with van der Waals surface area (Å²) >= 11 is 0. The normalized spacial score (nSPS) is 18.9. The minimum atomic E-state index is -0.982. The summed E-state index contributed by atoms with van der Waals surface area (Å²) in [5.74, 6) is -0.982. The van der Waals surface area contributed by atoms with Gasteiger partial charge in [0.15, 0.2) is 6.04 Å². The Hall–Kier alpha value is -2.82. The molecule has 1 amide bonds. The smallest absolute Gasteiger partial charge is 0.411 e. The predicted octanol–water partition coefficient (Wildman–Crippen LogP) is 3.09. The van der Waals surface area contributed by atoms with Gasteiger partial charge in [0.2, 0.25) is 0 Å². The molecule has 0 aliphatic carbocycles. The number of nitrogens with zero attached hydrogens (tertiary/aromatic N) is 1. The third-order valence-electron chi connectivity index (χ3n) is 4.17. The average Bonchev–Trinajstić information content (AvgIpc) is 3.34. The predicted molar refractivity (Wildman–Crippen MR) is 88.4 cm³/mol. The molecule has 0 spiro atoms. The zero-order valence-electron chi connectivity index (χ0n) is 13.2. The lowest BCUT2D eigenvalue weighted by Crippen LogP contribution is -2.19. The fourth-order valence-electron chi connectivity index (χ4n) is 2.86. The Bertz CT molecular complexity index is 702. The van der Waals surface area contributed by atoms with Gasteiger partial charge in [-0.2, -0.15) is 0 Å². The van der Waals surface area contributed by atoms with Gasteiger partial charge in [-0.25, -0.2) is 9.59 Å². The number of aryl methyl sites for hydroxylation is 1. The first-order chi connectivity index (χ1) is 11.7. The van der Waals surface area contributed by atoms with Crippen molar-refractivity contribution in [2.45, 2.75) is 31.5 Å². The second kappa shape index (κ2) is 7.17. The molecule has 0 unspecified atom stereocenters. The summed E-state index contributed by atoms with van der Waals surface area (Å²) in [5.41, 5.74) is 2.01. The molecule has 5 heteroatoms. The lowest BCUT2D eigenvalue weighted by atomic mass is 10.1. The van der Waals surface area contributed by atoms with Crippen molar-refractivity contribution in [1.82, 2.24) is 4.90 Å². The van der Waals surface area contributed by atoms with Crippen LogP contribution in [0.15, 0.2) is 60.7 Å². The molecule has 3 rings (SSSR count). The Morgan fingerprint density at radius 1 is 0.958 bits per heavy atom. The van der Waals surface area contributed by atoms with Crippen LogP contribution in [-0.2, 0) is 22.6 Å². The van der Waals surface area contributed by atoms with Crippen LogP contribution in [0.5, 0.6) is 0 Å². The summed E-state index contributed by atoms with van der Waals surface area (Å²) in [6.45, 7) is 0.147. The van der Waals surface area contributed by atoms with E-state index in [0.29, 0.717) is 6.42 Å². The minimum Gasteiger partial charge on any atom is -0.480 e. The molecule has 0 aromatic heterocycles. The molecule has 1 fully saturated rings. The highest BCUT2D eigenvalue weighted by Gasteiger charge is 2.56. The van der Waals surface area contributed by atoms with E-state index in [1.807, 2.05) is 60.7 Å². The summed E-state index contributed by atoms with van der Waals surface area (Å²) in [6.07, 6.45) is 0.781. The number of ether oxygens (including phenoxy) is 1. The zero-order valence-corrected chi connectivity index (χ0v) is 13.2. The van der Waals surface area contributed by atoms with Gasteiger partial charge in [-0.3, -0.25) is 4.90 Å². The van der Waals surface area contributed by atoms with E-state index < -0.39 is 18.1 Å². The molecule has 24 heavy (non-hydrogen) atoms. The maximum atomic E-state index is 12.2. The Morgan fingerprint density at radius 2 is 1.54 bits per heavy atom. The maximum Gasteiger partial charge on any atom is 0.411 e. The molecule has 0 bridgehead atoms. The maximum absolute atomic E-state index is 12.2. The van der Waals surface area contributed by atoms with Crippen molar-refractivity contribution < 1.29 is 19.4 Å². The monoisotopic (exact) mass is 325 g/mol. The highest BCUT2D eigenvalue weighted by Crippen LogP contribution is 2.33. The molecule has 1 N–H and O–H groups in total. The van der Waals surface area contributed by atoms with Crippen LogP contribution >= 0.6 is 0 Å². The van der Waals surface area contributed by atoms with Gasteiger partial charge in [-0.1, -0.05) is 60.7 Å². The first-order valence-corrected chi connectivity index (χ1v) is 7.92. The topological polar surface area (TPSA) is 66.6 Å². The van der Waals surface area contributed by atoms with E-state index in [2.05, 4.69) is 0 Å². The van der Waals surface area contributed by atoms with Crippen LogP contribution in [0.4, 0.5) is 4.79 Å². The van der Waals surface area contributed by atoms with Crippen LogP contribution in [0.1, 0.15) is 17.5 Å². The quantitative estimate of drug-likeness (QED) is 0.829. The lowest BCUT2D eigenvalue weighted by molar-refractivity contribution is -0.137. The van der Waals surface area contributed by atoms with E-state index in [0.717, 1.165) is 17.5 Å². The van der Waals surface area contributed by atoms with E-state index >= 15 is 0 Å². The van der Waals surface area contributed by atoms with Gasteiger partial charge in [0.1, 0.15) is 6.61 Å². The van der Waals surface area contributed by atoms with Crippen molar-refractivity contribution in [3.8, 4) is 0 Å². The zero-order chi connectivity index (χ0) is 16.9. The Balaban J connectivity index is 1.55. The van der Waals surface area contributed by atoms with E-state index in [1.165, 1.54) is 4.90 Å². The highest BCUT2D eigenvalue weighted by atomic mass is 16.6. The van der Waals surface area contributed by atoms with Crippen LogP contribution in [0.25, 0.3) is 0 Å². The SMILES string of the molecule is O=C(O)[C@H]1[C@@H](CCc2ccccc2)N1C(=O)OCc1ccccc1. The first-order valence-electron chi connectivity index (χ1n) is 7.92. The van der Waals surface area contributed by atoms with Gasteiger partial charge in [0.25, 0.3) is 0 Å². The van der Waals surface area contributed by atoms with Gasteiger partial charge in [0, 0.05) is 0 Å². The molecule has 1 aliphatic rings. The van der Waals surface area contributed by atoms with Gasteiger partial charge in [0.05, 0.1) is 6.04 Å². The number of hydrogen-bond acceptors (Lipinski definition) is 3. The number of hydrogen-bond donors (Lipinski definition) is 1. The summed E-state index contributed by atoms with van der Waals surface area (Å²) in [5, 5.41) is 9.28. The molecule has 1 aliphatic heterocycles. The number of rotatable bonds is 6. The lowest BCUT2D eigenvalue weighted by Gasteiger charge is -2.07. The Morgan fingerprint density at radius 3 is 2.12 bits per heavy atom. The van der Waals surface area contributed by atoms with Gasteiger partial charge in [-0.05, 0) is 24.0 Å². The molecular formula is C19H19NO4. The number of carboxylic acids is 1. The number of aliphatic carboxylic acids is 1. The number of benzene rings is 2. The molecule has 2 aromatic carbocycles. The molecule has 0 radical (unpaired) electrons. The number of carboxylic acid groups (broad SMARTS) is 1. The molecule has 0 saturated carbocycles. The Kier molecular flexibility index (Phi) is 4.79. The average molecular weight is 325 g/mol. The van der Waals surface area contributed by atoms with Gasteiger partial charge in [-0.15, -0.1) is 0 Å². The summed E-state index contributed by atoms with van der Waals surface area (Å²) < 4.78 is 5.24. The minimum absolute atomic E-state index is 0.147. The van der Waals surface area contributed by atoms with Crippen molar-refractivity contribution in [3.05, 3.63) is 71.8 Å². The number of carbonyl (C=O) groups is 2. The largest absolute Gasteiger partial charge is 0.480 e. The summed E-state index contributed by atoms with van der Waals surface area (Å²) in [4.78, 5) is 24.8. The van der Waals surface area contributed by atoms with E-state index in [1.54, 1.807) is 0 Å². The molecule has 2 atom stereocenters. The van der Waals surface area contributed by atoms with Crippen LogP contribution in [0, 0.1) is 0 Å². The molecular weight excluding hydrogens is 306 g/mol. The van der Waals surface area contributed by atoms with Crippen LogP contribution in [0.2, 0.25) is 0 Å². The van der Waals surface area contributed by atoms with E-state index in [4.69, 9.17) is 4.74 Å². The van der Waals surface area contributed by atoms with Crippen molar-refractivity contribution in [2.75, 3.05) is 0 Å². The fraction of sp³-hybridized carbons (Fsp3) is 0.263. The van der Waals surface area contributed by atoms with Crippen molar-refractivity contribution in [2.24, 2.45) is 0 Å². The van der Waals surface area contributed by atoms with Crippen LogP contribution < -0.4 is 0 Å². The van der Waals surface area contributed by atoms with Gasteiger partial charge < -0.3 is 9.84 Å². The summed E-state index contributed by atoms with van der Waals surface area (Å²) in [6, 6.07) is 18.1. The third-order valence-corrected chi connectivity index (χ3v) is 4.17. The Labute approximate surface area is 140 Å². The second-order valence-corrected chi connectivity index (χ2v) is 5.82. The van der Waals surface area contributed by atoms with E-state index in [9.17, 15) is 14.7 Å². The van der Waals surface area contributed by atoms with Crippen molar-refractivity contribution >= 4 is 12.1 Å². The van der Waals surface area contributed by atoms with Crippen LogP contribution in [-0.4, -0.2) is 34.2 Å². The van der Waals surface area contributed by atoms with Crippen molar-refractivity contribution in [1.29, 1.82) is 0 Å². The highest BCUT2D eigenvalue weighted by molar-refractivity contribution is 5.87. The van der Waals surface area contributed by atoms with Crippen molar-refractivity contribution in [3.63, 3.8) is 0 Å². The molecule has 1 heterocycles. The fourth-order valence-corrected chi connectivity index (χ4v) is 2.86. The van der Waals surface area contributed by atoms with Crippen LogP contribution in [0.3, 0.4) is 0 Å². The molecule has 124 valence electrons. The summed E-state index contributed by atoms with van der Waals surface area (Å²) in [7, 11) is 0. The molecule has 2 aromatic rings. The number of amides is 1.